The van der Waals surface area contributed by atoms with Crippen LogP contribution in [0.4, 0.5) is 0 Å². The Balaban J connectivity index is 3.08. The summed E-state index contributed by atoms with van der Waals surface area (Å²) in [7, 11) is 0. The van der Waals surface area contributed by atoms with E-state index in [-0.39, 0.29) is 5.76 Å². The van der Waals surface area contributed by atoms with Crippen molar-refractivity contribution in [2.75, 3.05) is 0 Å². The van der Waals surface area contributed by atoms with E-state index in [0.717, 1.165) is 11.1 Å². The lowest BCUT2D eigenvalue weighted by atomic mass is 10.1. The Bertz CT molecular complexity index is 356. The molecule has 0 aromatic heterocycles. The zero-order valence-electron chi connectivity index (χ0n) is 7.19. The van der Waals surface area contributed by atoms with Gasteiger partial charge in [-0.2, -0.15) is 0 Å². The second kappa shape index (κ2) is 4.44. The van der Waals surface area contributed by atoms with Gasteiger partial charge in [0.25, 0.3) is 0 Å². The fourth-order valence-corrected chi connectivity index (χ4v) is 1.29. The molecule has 1 aromatic carbocycles. The molecule has 1 aromatic rings. The zero-order chi connectivity index (χ0) is 9.84. The number of thiocarbonyl (C=S) groups is 1. The molecule has 68 valence electrons. The molecule has 3 heteroatoms. The topological polar surface area (TPSA) is 20.2 Å². The molecule has 0 aliphatic carbocycles. The second-order valence-electron chi connectivity index (χ2n) is 2.68. The summed E-state index contributed by atoms with van der Waals surface area (Å²) in [5.74, 6) is 0.165. The summed E-state index contributed by atoms with van der Waals surface area (Å²) in [5, 5.41) is 9.60. The minimum absolute atomic E-state index is 0.165. The van der Waals surface area contributed by atoms with Crippen molar-refractivity contribution in [2.45, 2.75) is 6.92 Å². The van der Waals surface area contributed by atoms with Crippen LogP contribution in [0.2, 0.25) is 0 Å². The molecule has 0 amide bonds. The van der Waals surface area contributed by atoms with Crippen molar-refractivity contribution < 1.29 is 5.11 Å². The van der Waals surface area contributed by atoms with Crippen molar-refractivity contribution in [3.8, 4) is 0 Å². The molecular weight excluding hydrogens is 200 g/mol. The maximum Gasteiger partial charge on any atom is 0.125 e. The number of aryl methyl sites for hydroxylation is 1. The first-order valence-corrected chi connectivity index (χ1v) is 4.66. The normalized spacial score (nSPS) is 11.4. The first-order valence-electron chi connectivity index (χ1n) is 3.81. The zero-order valence-corrected chi connectivity index (χ0v) is 8.90. The van der Waals surface area contributed by atoms with Gasteiger partial charge in [0.05, 0.1) is 4.20 Å². The minimum atomic E-state index is 0.165. The molecule has 1 rings (SSSR count). The van der Waals surface area contributed by atoms with Gasteiger partial charge < -0.3 is 5.11 Å². The third kappa shape index (κ3) is 2.86. The molecule has 0 unspecified atom stereocenters. The summed E-state index contributed by atoms with van der Waals surface area (Å²) >= 11 is 8.66. The van der Waals surface area contributed by atoms with Crippen LogP contribution in [0, 0.1) is 6.92 Å². The Kier molecular flexibility index (Phi) is 3.51. The van der Waals surface area contributed by atoms with Crippen LogP contribution in [0.15, 0.2) is 30.3 Å². The standard InChI is InChI=1S/C10H10OS2/c1-7-4-2-3-5-8(7)9(11)6-10(12)13/h2-6,11H,1H3,(H,12,13)/b9-6-. The molecule has 13 heavy (non-hydrogen) atoms. The number of aliphatic hydroxyl groups is 1. The van der Waals surface area contributed by atoms with Crippen molar-refractivity contribution in [2.24, 2.45) is 0 Å². The Hall–Kier alpha value is -0.800. The molecule has 0 spiro atoms. The van der Waals surface area contributed by atoms with E-state index in [1.54, 1.807) is 0 Å². The largest absolute Gasteiger partial charge is 0.507 e. The van der Waals surface area contributed by atoms with E-state index in [4.69, 9.17) is 12.2 Å². The van der Waals surface area contributed by atoms with Crippen molar-refractivity contribution in [3.05, 3.63) is 41.5 Å². The van der Waals surface area contributed by atoms with E-state index in [0.29, 0.717) is 4.20 Å². The molecule has 0 aliphatic heterocycles. The lowest BCUT2D eigenvalue weighted by Gasteiger charge is -2.03. The maximum atomic E-state index is 9.60. The van der Waals surface area contributed by atoms with Gasteiger partial charge in [0.15, 0.2) is 0 Å². The van der Waals surface area contributed by atoms with Crippen LogP contribution < -0.4 is 0 Å². The first-order chi connectivity index (χ1) is 6.11. The van der Waals surface area contributed by atoms with E-state index >= 15 is 0 Å². The molecule has 0 heterocycles. The van der Waals surface area contributed by atoms with Gasteiger partial charge in [0, 0.05) is 11.6 Å². The van der Waals surface area contributed by atoms with Gasteiger partial charge in [-0.25, -0.2) is 0 Å². The highest BCUT2D eigenvalue weighted by Crippen LogP contribution is 2.16. The number of hydrogen-bond donors (Lipinski definition) is 2. The molecule has 0 fully saturated rings. The Labute approximate surface area is 88.5 Å². The second-order valence-corrected chi connectivity index (χ2v) is 3.91. The van der Waals surface area contributed by atoms with E-state index in [9.17, 15) is 5.11 Å². The number of rotatable bonds is 2. The van der Waals surface area contributed by atoms with E-state index in [1.807, 2.05) is 31.2 Å². The predicted octanol–water partition coefficient (Wildman–Crippen LogP) is 3.15. The summed E-state index contributed by atoms with van der Waals surface area (Å²) in [4.78, 5) is 0. The molecule has 1 nitrogen and oxygen atoms in total. The van der Waals surface area contributed by atoms with Crippen molar-refractivity contribution in [1.29, 1.82) is 0 Å². The Morgan fingerprint density at radius 1 is 1.46 bits per heavy atom. The van der Waals surface area contributed by atoms with E-state index < -0.39 is 0 Å². The van der Waals surface area contributed by atoms with Gasteiger partial charge >= 0.3 is 0 Å². The van der Waals surface area contributed by atoms with Gasteiger partial charge in [0.1, 0.15) is 5.76 Å². The minimum Gasteiger partial charge on any atom is -0.507 e. The number of benzene rings is 1. The van der Waals surface area contributed by atoms with E-state index in [2.05, 4.69) is 12.6 Å². The lowest BCUT2D eigenvalue weighted by Crippen LogP contribution is -1.88. The van der Waals surface area contributed by atoms with Gasteiger partial charge in [-0.1, -0.05) is 36.5 Å². The SMILES string of the molecule is Cc1ccccc1/C(O)=C/C(=S)S. The van der Waals surface area contributed by atoms with Gasteiger partial charge in [-0.05, 0) is 12.5 Å². The van der Waals surface area contributed by atoms with Crippen LogP contribution in [0.3, 0.4) is 0 Å². The van der Waals surface area contributed by atoms with Crippen LogP contribution in [-0.4, -0.2) is 9.30 Å². The highest BCUT2D eigenvalue weighted by Gasteiger charge is 2.01. The van der Waals surface area contributed by atoms with Gasteiger partial charge in [-0.15, -0.1) is 12.6 Å². The fourth-order valence-electron chi connectivity index (χ4n) is 1.05. The Morgan fingerprint density at radius 2 is 2.08 bits per heavy atom. The molecule has 0 bridgehead atoms. The summed E-state index contributed by atoms with van der Waals surface area (Å²) in [5.41, 5.74) is 1.81. The first kappa shape index (κ1) is 10.3. The number of thiol groups is 1. The molecule has 0 saturated heterocycles. The maximum absolute atomic E-state index is 9.60. The Morgan fingerprint density at radius 3 is 2.62 bits per heavy atom. The summed E-state index contributed by atoms with van der Waals surface area (Å²) in [6, 6.07) is 7.56. The molecule has 0 saturated carbocycles. The smallest absolute Gasteiger partial charge is 0.125 e. The average molecular weight is 210 g/mol. The summed E-state index contributed by atoms with van der Waals surface area (Å²) < 4.78 is 0.376. The molecule has 0 atom stereocenters. The fraction of sp³-hybridized carbons (Fsp3) is 0.100. The van der Waals surface area contributed by atoms with Crippen LogP contribution >= 0.6 is 24.8 Å². The molecule has 0 aliphatic rings. The van der Waals surface area contributed by atoms with Crippen LogP contribution in [0.1, 0.15) is 11.1 Å². The van der Waals surface area contributed by atoms with E-state index in [1.165, 1.54) is 6.08 Å². The third-order valence-electron chi connectivity index (χ3n) is 1.68. The monoisotopic (exact) mass is 210 g/mol. The average Bonchev–Trinajstić information content (AvgIpc) is 2.03. The van der Waals surface area contributed by atoms with Crippen molar-refractivity contribution >= 4 is 34.8 Å². The third-order valence-corrected chi connectivity index (χ3v) is 1.93. The van der Waals surface area contributed by atoms with Crippen LogP contribution in [0.25, 0.3) is 5.76 Å². The predicted molar refractivity (Wildman–Crippen MR) is 63.4 cm³/mol. The summed E-state index contributed by atoms with van der Waals surface area (Å²) in [6.07, 6.45) is 1.46. The number of hydrogen-bond acceptors (Lipinski definition) is 2. The van der Waals surface area contributed by atoms with Crippen molar-refractivity contribution in [1.82, 2.24) is 0 Å². The van der Waals surface area contributed by atoms with Crippen LogP contribution in [-0.2, 0) is 0 Å². The number of aliphatic hydroxyl groups excluding tert-OH is 1. The molecule has 1 N–H and O–H groups in total. The van der Waals surface area contributed by atoms with Crippen molar-refractivity contribution in [3.63, 3.8) is 0 Å². The lowest BCUT2D eigenvalue weighted by molar-refractivity contribution is 0.512. The van der Waals surface area contributed by atoms with Gasteiger partial charge in [0.2, 0.25) is 0 Å². The van der Waals surface area contributed by atoms with Gasteiger partial charge in [-0.3, -0.25) is 0 Å². The van der Waals surface area contributed by atoms with Crippen LogP contribution in [0.5, 0.6) is 0 Å². The molecular formula is C10H10OS2. The highest BCUT2D eigenvalue weighted by molar-refractivity contribution is 8.11. The quantitative estimate of drug-likeness (QED) is 0.338. The highest BCUT2D eigenvalue weighted by atomic mass is 32.1. The molecule has 0 radical (unpaired) electrons. The summed E-state index contributed by atoms with van der Waals surface area (Å²) in [6.45, 7) is 1.93.